The fourth-order valence-corrected chi connectivity index (χ4v) is 10.6. The van der Waals surface area contributed by atoms with Crippen molar-refractivity contribution in [1.82, 2.24) is 15.7 Å². The Balaban J connectivity index is -0.000000275. The molecule has 0 radical (unpaired) electrons. The second-order valence-electron chi connectivity index (χ2n) is 34.1. The van der Waals surface area contributed by atoms with Crippen molar-refractivity contribution in [2.45, 2.75) is 333 Å². The predicted octanol–water partition coefficient (Wildman–Crippen LogP) is 14.5. The van der Waals surface area contributed by atoms with Crippen LogP contribution in [0.2, 0.25) is 0 Å². The Hall–Kier alpha value is -6.04. The average molecular weight is 1640 g/mol. The number of nitrogens with one attached hydrogen (secondary N) is 2. The van der Waals surface area contributed by atoms with Crippen LogP contribution < -0.4 is 28.2 Å². The van der Waals surface area contributed by atoms with Crippen LogP contribution in [-0.2, 0) is 76.6 Å². The molecule has 4 amide bonds. The molecule has 0 aromatic heterocycles. The molecule has 1 aliphatic rings. The highest BCUT2D eigenvalue weighted by atomic mass is 16.7. The van der Waals surface area contributed by atoms with E-state index in [4.69, 9.17) is 34.8 Å². The maximum Gasteiger partial charge on any atom is 0.285 e. The quantitative estimate of drug-likeness (QED) is 0.0153. The number of hydroxylamine groups is 2. The molecule has 0 bridgehead atoms. The van der Waals surface area contributed by atoms with Gasteiger partial charge >= 0.3 is 0 Å². The molecule has 26 nitrogen and oxygen atoms in total. The molecule has 0 fully saturated rings. The number of hydrogen-bond donors (Lipinski definition) is 6. The van der Waals surface area contributed by atoms with E-state index < -0.39 is 48.4 Å². The number of carbonyl (C=O) groups is 12. The molecule has 1 aliphatic heterocycles. The molecular weight excluding hydrogens is 1470 g/mol. The molecule has 0 aliphatic carbocycles. The number of benzene rings is 1. The summed E-state index contributed by atoms with van der Waals surface area (Å²) in [5, 5.41) is 13.3. The first-order chi connectivity index (χ1) is 52.4. The van der Waals surface area contributed by atoms with Gasteiger partial charge in [-0.1, -0.05) is 199 Å². The summed E-state index contributed by atoms with van der Waals surface area (Å²) in [5.74, 6) is 15.3. The van der Waals surface area contributed by atoms with E-state index in [9.17, 15) is 57.5 Å². The van der Waals surface area contributed by atoms with E-state index in [1.54, 1.807) is 24.3 Å². The van der Waals surface area contributed by atoms with E-state index in [0.717, 1.165) is 32.8 Å². The Bertz CT molecular complexity index is 2760. The van der Waals surface area contributed by atoms with E-state index in [1.807, 2.05) is 111 Å². The fourth-order valence-electron chi connectivity index (χ4n) is 10.6. The Morgan fingerprint density at radius 1 is 0.391 bits per heavy atom. The van der Waals surface area contributed by atoms with Crippen LogP contribution in [-0.4, -0.2) is 169 Å². The van der Waals surface area contributed by atoms with Crippen molar-refractivity contribution in [2.24, 2.45) is 88.6 Å². The zero-order valence-electron chi connectivity index (χ0n) is 74.3. The molecule has 6 atom stereocenters. The maximum absolute atomic E-state index is 12.5. The molecule has 0 spiro atoms. The number of amides is 4. The monoisotopic (exact) mass is 1640 g/mol. The molecule has 1 aromatic carbocycles. The van der Waals surface area contributed by atoms with Crippen LogP contribution in [0.15, 0.2) is 36.4 Å². The third kappa shape index (κ3) is 64.6. The molecule has 0 saturated carbocycles. The summed E-state index contributed by atoms with van der Waals surface area (Å²) >= 11 is 0. The topological polar surface area (TPSA) is 417 Å². The number of carbonyl (C=O) groups excluding carboxylic acids is 12. The van der Waals surface area contributed by atoms with E-state index in [-0.39, 0.29) is 142 Å². The SMILES string of the molecule is C.C.CC(C)CCC(=O)[C@@H](CC(C)C)OCC(=O)/C=C/CC(=O)CO[C@H](CC(C)C)C(=O)CCC(C)C.CC(C)CCC(=O)[C@@H](CC(C)C)OCC(=O)CCCC(=O)CO[C@H](CC(C)C)C(=O)CCC(C)C.CC(C)CNC(=O)[C@@H](CC(C)C)ON.CC(C)CNC(=O)[C@@H](CC(C)C)ON1C(=O)c2ccccc2C1=O.CO.NN.O. The van der Waals surface area contributed by atoms with Crippen LogP contribution >= 0.6 is 0 Å². The van der Waals surface area contributed by atoms with Gasteiger partial charge in [0.25, 0.3) is 23.6 Å². The lowest BCUT2D eigenvalue weighted by Crippen LogP contribution is -2.44. The average Bonchev–Trinajstić information content (AvgIpc) is 1.64. The minimum Gasteiger partial charge on any atom is -0.412 e. The summed E-state index contributed by atoms with van der Waals surface area (Å²) in [4.78, 5) is 158. The standard InChI is InChI=1S/C29H52O6.C29H50O6.C18H24N2O4.C10H22N2O2.CH4O.2CH4.H4N2.H2O/c2*1-20(2)12-14-26(32)28(16-22(5)6)34-18-24(30)10-9-11-25(31)19-35-29(17-23(7)8)27(33)15-13-21(3)4;1-11(2)9-15(16(21)19-10-12(3)4)24-20-17(22)13-7-5-6-8-14(13)18(20)23;1-7(2)5-9(14-11)10(13)12-6-8(3)4;1-2;;;1-2;/h20-23,28-29H,9-19H2,1-8H3;9-10,20-23,28-29H,11-19H2,1-8H3;5-8,11-12,15H,9-10H2,1-4H3,(H,19,21);7-9H,5-6,11H2,1-4H3,(H,12,13);2H,1H3;2*1H4;1-2H2;1H2/b;10-9+;;;;;;;/t2*28-,29-;15-;9-;;;;;/m1111...../s1. The molecule has 672 valence electrons. The van der Waals surface area contributed by atoms with Crippen molar-refractivity contribution >= 4 is 69.9 Å². The minimum absolute atomic E-state index is 0. The molecular formula is C89H166N6O20. The third-order valence-corrected chi connectivity index (χ3v) is 16.9. The van der Waals surface area contributed by atoms with E-state index >= 15 is 0 Å². The van der Waals surface area contributed by atoms with Gasteiger partial charge in [0, 0.05) is 65.1 Å². The third-order valence-electron chi connectivity index (χ3n) is 16.9. The summed E-state index contributed by atoms with van der Waals surface area (Å²) in [7, 11) is 1.00. The first-order valence-corrected chi connectivity index (χ1v) is 41.1. The number of rotatable bonds is 56. The number of aliphatic hydroxyl groups excluding tert-OH is 1. The predicted molar refractivity (Wildman–Crippen MR) is 460 cm³/mol. The number of nitrogens with two attached hydrogens (primary N) is 3. The summed E-state index contributed by atoms with van der Waals surface area (Å²) < 4.78 is 22.7. The Morgan fingerprint density at radius 2 is 0.661 bits per heavy atom. The molecule has 0 saturated heterocycles. The molecule has 2 rings (SSSR count). The maximum atomic E-state index is 12.5. The number of Topliss-reactive ketones (excluding diaryl/α,β-unsaturated/α-hetero) is 7. The summed E-state index contributed by atoms with van der Waals surface area (Å²) in [6.07, 6.45) is 8.61. The number of ether oxygens (including phenoxy) is 4. The normalized spacial score (nSPS) is 13.2. The second kappa shape index (κ2) is 72.0. The van der Waals surface area contributed by atoms with Gasteiger partial charge in [-0.25, -0.2) is 10.7 Å². The van der Waals surface area contributed by atoms with Crippen LogP contribution in [0.3, 0.4) is 0 Å². The highest BCUT2D eigenvalue weighted by Crippen LogP contribution is 2.26. The molecule has 115 heavy (non-hydrogen) atoms. The number of allylic oxidation sites excluding steroid dienone is 1. The van der Waals surface area contributed by atoms with Crippen molar-refractivity contribution in [3.63, 3.8) is 0 Å². The smallest absolute Gasteiger partial charge is 0.285 e. The first kappa shape index (κ1) is 122. The number of aliphatic hydroxyl groups is 1. The number of hydrazine groups is 1. The van der Waals surface area contributed by atoms with Crippen molar-refractivity contribution in [3.8, 4) is 0 Å². The van der Waals surface area contributed by atoms with E-state index in [2.05, 4.69) is 82.5 Å². The molecule has 11 N–H and O–H groups in total. The molecule has 26 heteroatoms. The zero-order valence-corrected chi connectivity index (χ0v) is 74.3. The summed E-state index contributed by atoms with van der Waals surface area (Å²) in [5.41, 5.74) is 0.599. The molecule has 1 heterocycles. The zero-order chi connectivity index (χ0) is 86.9. The minimum atomic E-state index is -0.883. The number of hydrogen-bond acceptors (Lipinski definition) is 22. The van der Waals surface area contributed by atoms with Gasteiger partial charge in [-0.3, -0.25) is 74.1 Å². The van der Waals surface area contributed by atoms with Gasteiger partial charge in [0.2, 0.25) is 0 Å². The Morgan fingerprint density at radius 3 is 0.939 bits per heavy atom. The highest BCUT2D eigenvalue weighted by Gasteiger charge is 2.40. The summed E-state index contributed by atoms with van der Waals surface area (Å²) in [6, 6.07) is 6.54. The van der Waals surface area contributed by atoms with Gasteiger partial charge in [-0.2, -0.15) is 0 Å². The van der Waals surface area contributed by atoms with Crippen molar-refractivity contribution in [2.75, 3.05) is 46.6 Å². The second-order valence-corrected chi connectivity index (χ2v) is 34.1. The van der Waals surface area contributed by atoms with Crippen LogP contribution in [0.5, 0.6) is 0 Å². The molecule has 0 unspecified atom stereocenters. The van der Waals surface area contributed by atoms with Crippen molar-refractivity contribution in [3.05, 3.63) is 47.5 Å². The van der Waals surface area contributed by atoms with Crippen LogP contribution in [0.4, 0.5) is 0 Å². The first-order valence-electron chi connectivity index (χ1n) is 41.1. The van der Waals surface area contributed by atoms with Gasteiger partial charge in [-0.05, 0) is 160 Å². The number of imide groups is 1. The van der Waals surface area contributed by atoms with Gasteiger partial charge in [0.05, 0.1) is 11.1 Å². The van der Waals surface area contributed by atoms with Gasteiger partial charge in [0.15, 0.2) is 58.5 Å². The van der Waals surface area contributed by atoms with Crippen molar-refractivity contribution < 1.29 is 96.7 Å². The van der Waals surface area contributed by atoms with Gasteiger partial charge in [0.1, 0.15) is 50.8 Å². The van der Waals surface area contributed by atoms with E-state index in [0.29, 0.717) is 153 Å². The largest absolute Gasteiger partial charge is 0.412 e. The van der Waals surface area contributed by atoms with Crippen LogP contribution in [0, 0.1) is 71.0 Å². The van der Waals surface area contributed by atoms with Crippen molar-refractivity contribution in [1.29, 1.82) is 0 Å². The van der Waals surface area contributed by atoms with E-state index in [1.165, 1.54) is 12.2 Å². The highest BCUT2D eigenvalue weighted by molar-refractivity contribution is 6.20. The lowest BCUT2D eigenvalue weighted by atomic mass is 9.97. The number of nitrogens with zero attached hydrogens (tertiary/aromatic N) is 1. The van der Waals surface area contributed by atoms with Gasteiger partial charge in [-0.15, -0.1) is 5.06 Å². The Labute approximate surface area is 695 Å². The lowest BCUT2D eigenvalue weighted by Gasteiger charge is -2.23. The fraction of sp³-hybridized carbons (Fsp3) is 0.775. The van der Waals surface area contributed by atoms with Gasteiger partial charge < -0.3 is 40.2 Å². The summed E-state index contributed by atoms with van der Waals surface area (Å²) in [6.45, 7) is 49.5. The number of fused-ring (bicyclic) bond motifs is 1. The van der Waals surface area contributed by atoms with Crippen LogP contribution in [0.1, 0.15) is 317 Å². The number of ketones is 8. The van der Waals surface area contributed by atoms with Crippen LogP contribution in [0.25, 0.3) is 0 Å². The lowest BCUT2D eigenvalue weighted by molar-refractivity contribution is -0.162. The Kier molecular flexibility index (Phi) is 76.5. The molecule has 1 aromatic rings.